The summed E-state index contributed by atoms with van der Waals surface area (Å²) < 4.78 is 36.6. The summed E-state index contributed by atoms with van der Waals surface area (Å²) >= 11 is 0. The third-order valence-corrected chi connectivity index (χ3v) is 6.19. The van der Waals surface area contributed by atoms with Gasteiger partial charge in [0, 0.05) is 19.6 Å². The van der Waals surface area contributed by atoms with Crippen LogP contribution in [0.2, 0.25) is 0 Å². The van der Waals surface area contributed by atoms with Gasteiger partial charge >= 0.3 is 6.03 Å². The number of amides is 2. The number of nitrogens with one attached hydrogen (secondary N) is 1. The van der Waals surface area contributed by atoms with Crippen LogP contribution in [0.1, 0.15) is 24.9 Å². The maximum absolute atomic E-state index is 13.1. The van der Waals surface area contributed by atoms with Crippen molar-refractivity contribution in [3.8, 4) is 5.75 Å². The first-order chi connectivity index (χ1) is 12.4. The second-order valence-electron chi connectivity index (χ2n) is 5.58. The molecule has 1 aromatic carbocycles. The number of benzene rings is 1. The van der Waals surface area contributed by atoms with Crippen molar-refractivity contribution in [1.29, 1.82) is 0 Å². The molecule has 0 aliphatic heterocycles. The van der Waals surface area contributed by atoms with Crippen LogP contribution >= 0.6 is 0 Å². The highest BCUT2D eigenvalue weighted by Gasteiger charge is 2.32. The molecule has 0 fully saturated rings. The van der Waals surface area contributed by atoms with Crippen molar-refractivity contribution in [2.24, 2.45) is 0 Å². The lowest BCUT2D eigenvalue weighted by Gasteiger charge is -2.22. The van der Waals surface area contributed by atoms with Gasteiger partial charge < -0.3 is 19.4 Å². The molecular formula is C18H24N2O5S. The molecule has 142 valence electrons. The minimum absolute atomic E-state index is 0.0861. The van der Waals surface area contributed by atoms with Gasteiger partial charge in [-0.15, -0.1) is 0 Å². The largest absolute Gasteiger partial charge is 0.497 e. The van der Waals surface area contributed by atoms with E-state index >= 15 is 0 Å². The number of sulfone groups is 1. The van der Waals surface area contributed by atoms with Crippen molar-refractivity contribution in [1.82, 2.24) is 10.2 Å². The van der Waals surface area contributed by atoms with Crippen LogP contribution in [0.25, 0.3) is 0 Å². The summed E-state index contributed by atoms with van der Waals surface area (Å²) in [6.45, 7) is 4.72. The molecule has 0 bridgehead atoms. The number of rotatable bonds is 8. The van der Waals surface area contributed by atoms with Gasteiger partial charge in [-0.2, -0.15) is 0 Å². The molecule has 0 saturated carbocycles. The van der Waals surface area contributed by atoms with Crippen LogP contribution in [0.4, 0.5) is 4.79 Å². The number of carbonyl (C=O) groups excluding carboxylic acids is 1. The first-order valence-corrected chi connectivity index (χ1v) is 9.92. The number of nitrogens with zero attached hydrogens (tertiary/aromatic N) is 1. The first-order valence-electron chi connectivity index (χ1n) is 8.38. The van der Waals surface area contributed by atoms with E-state index < -0.39 is 15.1 Å². The molecule has 2 amide bonds. The topological polar surface area (TPSA) is 88.9 Å². The van der Waals surface area contributed by atoms with Gasteiger partial charge in [-0.25, -0.2) is 13.2 Å². The summed E-state index contributed by atoms with van der Waals surface area (Å²) in [7, 11) is -2.25. The summed E-state index contributed by atoms with van der Waals surface area (Å²) in [5, 5.41) is 1.67. The smallest absolute Gasteiger partial charge is 0.317 e. The van der Waals surface area contributed by atoms with E-state index in [4.69, 9.17) is 9.15 Å². The zero-order valence-electron chi connectivity index (χ0n) is 15.1. The highest BCUT2D eigenvalue weighted by molar-refractivity contribution is 7.91. The first kappa shape index (κ1) is 19.8. The molecule has 0 aliphatic rings. The Morgan fingerprint density at radius 1 is 1.19 bits per heavy atom. The van der Waals surface area contributed by atoms with Crippen molar-refractivity contribution in [3.05, 3.63) is 48.4 Å². The second kappa shape index (κ2) is 8.75. The number of carbonyl (C=O) groups is 1. The highest BCUT2D eigenvalue weighted by atomic mass is 32.2. The van der Waals surface area contributed by atoms with Crippen LogP contribution in [-0.2, 0) is 9.84 Å². The third-order valence-electron chi connectivity index (χ3n) is 4.11. The van der Waals surface area contributed by atoms with Crippen molar-refractivity contribution < 1.29 is 22.4 Å². The molecule has 26 heavy (non-hydrogen) atoms. The zero-order valence-corrected chi connectivity index (χ0v) is 16.0. The van der Waals surface area contributed by atoms with Crippen LogP contribution in [0, 0.1) is 0 Å². The molecule has 0 aliphatic carbocycles. The number of furan rings is 1. The Hall–Kier alpha value is -2.48. The van der Waals surface area contributed by atoms with Crippen LogP contribution in [0.5, 0.6) is 5.75 Å². The summed E-state index contributed by atoms with van der Waals surface area (Å²) in [5.74, 6) is 0.842. The van der Waals surface area contributed by atoms with Gasteiger partial charge in [0.2, 0.25) is 0 Å². The lowest BCUT2D eigenvalue weighted by atomic mass is 10.3. The van der Waals surface area contributed by atoms with Crippen LogP contribution < -0.4 is 10.1 Å². The predicted octanol–water partition coefficient (Wildman–Crippen LogP) is 2.85. The van der Waals surface area contributed by atoms with Crippen molar-refractivity contribution >= 4 is 15.9 Å². The molecule has 2 rings (SSSR count). The van der Waals surface area contributed by atoms with Crippen molar-refractivity contribution in [2.45, 2.75) is 24.0 Å². The minimum Gasteiger partial charge on any atom is -0.497 e. The van der Waals surface area contributed by atoms with Gasteiger partial charge in [-0.1, -0.05) is 0 Å². The molecule has 1 aromatic heterocycles. The van der Waals surface area contributed by atoms with E-state index in [9.17, 15) is 13.2 Å². The number of hydrogen-bond donors (Lipinski definition) is 1. The monoisotopic (exact) mass is 380 g/mol. The van der Waals surface area contributed by atoms with Gasteiger partial charge in [0.1, 0.15) is 16.8 Å². The fourth-order valence-electron chi connectivity index (χ4n) is 2.57. The Morgan fingerprint density at radius 3 is 2.35 bits per heavy atom. The molecule has 0 spiro atoms. The zero-order chi connectivity index (χ0) is 19.2. The van der Waals surface area contributed by atoms with Crippen LogP contribution in [0.15, 0.2) is 52.0 Å². The van der Waals surface area contributed by atoms with E-state index in [1.165, 1.54) is 25.5 Å². The average molecular weight is 380 g/mol. The Kier molecular flexibility index (Phi) is 6.68. The minimum atomic E-state index is -3.77. The number of ether oxygens (including phenoxy) is 1. The van der Waals surface area contributed by atoms with Gasteiger partial charge in [-0.3, -0.25) is 0 Å². The highest BCUT2D eigenvalue weighted by Crippen LogP contribution is 2.30. The summed E-state index contributed by atoms with van der Waals surface area (Å²) in [4.78, 5) is 13.9. The summed E-state index contributed by atoms with van der Waals surface area (Å²) in [6, 6.07) is 9.04. The lowest BCUT2D eigenvalue weighted by Crippen LogP contribution is -2.42. The van der Waals surface area contributed by atoms with Gasteiger partial charge in [0.25, 0.3) is 0 Å². The number of urea groups is 1. The van der Waals surface area contributed by atoms with Crippen LogP contribution in [0.3, 0.4) is 0 Å². The van der Waals surface area contributed by atoms with Gasteiger partial charge in [0.05, 0.1) is 18.3 Å². The SMILES string of the molecule is CCN(CC)C(=O)NCC(c1ccco1)S(=O)(=O)c1ccc(OC)cc1. The predicted molar refractivity (Wildman–Crippen MR) is 97.9 cm³/mol. The fraction of sp³-hybridized carbons (Fsp3) is 0.389. The Morgan fingerprint density at radius 2 is 1.85 bits per heavy atom. The number of methoxy groups -OCH3 is 1. The summed E-state index contributed by atoms with van der Waals surface area (Å²) in [5.41, 5.74) is 0. The van der Waals surface area contributed by atoms with E-state index in [2.05, 4.69) is 5.32 Å². The maximum atomic E-state index is 13.1. The fourth-order valence-corrected chi connectivity index (χ4v) is 4.16. The Labute approximate surface area is 153 Å². The molecule has 7 nitrogen and oxygen atoms in total. The molecule has 8 heteroatoms. The Bertz CT molecular complexity index is 797. The molecule has 1 heterocycles. The van der Waals surface area contributed by atoms with Gasteiger partial charge in [-0.05, 0) is 50.2 Å². The summed E-state index contributed by atoms with van der Waals surface area (Å²) in [6.07, 6.45) is 1.41. The van der Waals surface area contributed by atoms with Crippen molar-refractivity contribution in [2.75, 3.05) is 26.7 Å². The van der Waals surface area contributed by atoms with E-state index in [1.807, 2.05) is 13.8 Å². The third kappa shape index (κ3) is 4.37. The lowest BCUT2D eigenvalue weighted by molar-refractivity contribution is 0.203. The Balaban J connectivity index is 2.28. The van der Waals surface area contributed by atoms with Gasteiger partial charge in [0.15, 0.2) is 9.84 Å². The van der Waals surface area contributed by atoms with Crippen LogP contribution in [-0.4, -0.2) is 46.1 Å². The second-order valence-corrected chi connectivity index (χ2v) is 7.71. The molecular weight excluding hydrogens is 356 g/mol. The average Bonchev–Trinajstić information content (AvgIpc) is 3.17. The molecule has 1 unspecified atom stereocenters. The van der Waals surface area contributed by atoms with E-state index in [0.717, 1.165) is 0 Å². The molecule has 1 N–H and O–H groups in total. The van der Waals surface area contributed by atoms with E-state index in [1.54, 1.807) is 29.2 Å². The standard InChI is InChI=1S/C18H24N2O5S/c1-4-20(5-2)18(21)19-13-17(16-7-6-12-25-16)26(22,23)15-10-8-14(24-3)9-11-15/h6-12,17H,4-5,13H2,1-3H3,(H,19,21). The normalized spacial score (nSPS) is 12.4. The van der Waals surface area contributed by atoms with E-state index in [-0.39, 0.29) is 23.2 Å². The quantitative estimate of drug-likeness (QED) is 0.761. The molecule has 0 radical (unpaired) electrons. The molecule has 0 saturated heterocycles. The van der Waals surface area contributed by atoms with E-state index in [0.29, 0.717) is 18.8 Å². The molecule has 1 atom stereocenters. The van der Waals surface area contributed by atoms with Crippen molar-refractivity contribution in [3.63, 3.8) is 0 Å². The number of hydrogen-bond acceptors (Lipinski definition) is 5. The maximum Gasteiger partial charge on any atom is 0.317 e. The molecule has 2 aromatic rings.